The second-order valence-electron chi connectivity index (χ2n) is 6.89. The quantitative estimate of drug-likeness (QED) is 0.586. The molecule has 1 unspecified atom stereocenters. The number of benzene rings is 3. The molecule has 1 aliphatic carbocycles. The molecule has 0 fully saturated rings. The fraction of sp³-hybridized carbons (Fsp3) is 0.130. The Bertz CT molecular complexity index is 1100. The van der Waals surface area contributed by atoms with Gasteiger partial charge in [-0.1, -0.05) is 84.1 Å². The van der Waals surface area contributed by atoms with Crippen LogP contribution in [0.2, 0.25) is 0 Å². The highest BCUT2D eigenvalue weighted by Gasteiger charge is 2.26. The number of hydrogen-bond acceptors (Lipinski definition) is 3. The lowest BCUT2D eigenvalue weighted by atomic mass is 9.87. The molecule has 4 nitrogen and oxygen atoms in total. The average Bonchev–Trinajstić information content (AvgIpc) is 3.11. The fourth-order valence-electron chi connectivity index (χ4n) is 3.88. The Hall–Kier alpha value is -3.24. The van der Waals surface area contributed by atoms with Gasteiger partial charge in [0.2, 0.25) is 0 Å². The highest BCUT2D eigenvalue weighted by atomic mass is 16.3. The Morgan fingerprint density at radius 2 is 1.56 bits per heavy atom. The molecule has 0 amide bonds. The van der Waals surface area contributed by atoms with Crippen LogP contribution in [-0.4, -0.2) is 20.1 Å². The predicted octanol–water partition coefficient (Wildman–Crippen LogP) is 4.25. The topological polar surface area (TPSA) is 50.9 Å². The summed E-state index contributed by atoms with van der Waals surface area (Å²) >= 11 is 0. The van der Waals surface area contributed by atoms with Gasteiger partial charge < -0.3 is 5.11 Å². The smallest absolute Gasteiger partial charge is 0.121 e. The molecule has 132 valence electrons. The largest absolute Gasteiger partial charge is 0.388 e. The molecule has 0 spiro atoms. The van der Waals surface area contributed by atoms with Crippen molar-refractivity contribution in [1.82, 2.24) is 15.0 Å². The van der Waals surface area contributed by atoms with Crippen LogP contribution in [0.4, 0.5) is 0 Å². The summed E-state index contributed by atoms with van der Waals surface area (Å²) in [5.41, 5.74) is 7.06. The summed E-state index contributed by atoms with van der Waals surface area (Å²) in [7, 11) is 0. The molecule has 4 heteroatoms. The second kappa shape index (κ2) is 6.49. The van der Waals surface area contributed by atoms with Gasteiger partial charge in [0.1, 0.15) is 5.69 Å². The van der Waals surface area contributed by atoms with E-state index < -0.39 is 6.10 Å². The van der Waals surface area contributed by atoms with Gasteiger partial charge in [0, 0.05) is 17.5 Å². The Morgan fingerprint density at radius 1 is 0.852 bits per heavy atom. The number of aliphatic hydroxyl groups excluding tert-OH is 1. The van der Waals surface area contributed by atoms with Crippen molar-refractivity contribution in [2.45, 2.75) is 19.1 Å². The molecule has 1 heterocycles. The van der Waals surface area contributed by atoms with E-state index in [1.807, 2.05) is 59.3 Å². The minimum absolute atomic E-state index is 0.560. The molecule has 1 atom stereocenters. The average molecular weight is 353 g/mol. The van der Waals surface area contributed by atoms with Gasteiger partial charge in [-0.3, -0.25) is 0 Å². The van der Waals surface area contributed by atoms with Crippen LogP contribution in [0.5, 0.6) is 0 Å². The van der Waals surface area contributed by atoms with Crippen molar-refractivity contribution in [2.75, 3.05) is 0 Å². The Balaban J connectivity index is 1.76. The van der Waals surface area contributed by atoms with E-state index in [1.165, 1.54) is 5.56 Å². The zero-order chi connectivity index (χ0) is 18.2. The fourth-order valence-corrected chi connectivity index (χ4v) is 3.88. The lowest BCUT2D eigenvalue weighted by Crippen LogP contribution is -2.10. The summed E-state index contributed by atoms with van der Waals surface area (Å²) in [6.07, 6.45) is 0.0122. The first-order valence-corrected chi connectivity index (χ1v) is 9.14. The van der Waals surface area contributed by atoms with E-state index in [-0.39, 0.29) is 0 Å². The van der Waals surface area contributed by atoms with Crippen molar-refractivity contribution < 1.29 is 5.11 Å². The van der Waals surface area contributed by atoms with Crippen molar-refractivity contribution in [3.05, 3.63) is 95.6 Å². The van der Waals surface area contributed by atoms with Crippen molar-refractivity contribution in [1.29, 1.82) is 0 Å². The summed E-state index contributed by atoms with van der Waals surface area (Å²) < 4.78 is 1.97. The van der Waals surface area contributed by atoms with Crippen LogP contribution >= 0.6 is 0 Å². The standard InChI is InChI=1S/C23H19N3O/c27-21-14-17-10-4-5-11-18(17)23-22(20-13-7-6-12-19(20)21)24-25-26(23)15-16-8-2-1-3-9-16/h1-13,21,27H,14-15H2. The van der Waals surface area contributed by atoms with E-state index in [4.69, 9.17) is 0 Å². The number of fused-ring (bicyclic) bond motifs is 5. The van der Waals surface area contributed by atoms with E-state index >= 15 is 0 Å². The van der Waals surface area contributed by atoms with Crippen LogP contribution in [0.15, 0.2) is 78.9 Å². The highest BCUT2D eigenvalue weighted by molar-refractivity contribution is 5.82. The number of hydrogen-bond donors (Lipinski definition) is 1. The lowest BCUT2D eigenvalue weighted by molar-refractivity contribution is 0.179. The molecule has 0 bridgehead atoms. The minimum atomic E-state index is -0.560. The SMILES string of the molecule is OC1Cc2ccccc2-c2c(nnn2Cc2ccccc2)-c2ccccc21. The number of aromatic nitrogens is 3. The van der Waals surface area contributed by atoms with Crippen LogP contribution < -0.4 is 0 Å². The van der Waals surface area contributed by atoms with Crippen LogP contribution in [0.25, 0.3) is 22.5 Å². The molecule has 0 radical (unpaired) electrons. The molecule has 0 saturated heterocycles. The van der Waals surface area contributed by atoms with E-state index in [2.05, 4.69) is 34.6 Å². The summed E-state index contributed by atoms with van der Waals surface area (Å²) in [6.45, 7) is 0.655. The van der Waals surface area contributed by atoms with Gasteiger partial charge in [-0.2, -0.15) is 0 Å². The van der Waals surface area contributed by atoms with Gasteiger partial charge in [-0.05, 0) is 16.7 Å². The number of aliphatic hydroxyl groups is 1. The van der Waals surface area contributed by atoms with Crippen LogP contribution in [-0.2, 0) is 13.0 Å². The van der Waals surface area contributed by atoms with Gasteiger partial charge in [0.05, 0.1) is 18.3 Å². The first-order chi connectivity index (χ1) is 13.3. The second-order valence-corrected chi connectivity index (χ2v) is 6.89. The molecular formula is C23H19N3O. The molecule has 4 aromatic rings. The number of nitrogens with zero attached hydrogens (tertiary/aromatic N) is 3. The van der Waals surface area contributed by atoms with Gasteiger partial charge >= 0.3 is 0 Å². The van der Waals surface area contributed by atoms with Crippen LogP contribution in [0, 0.1) is 0 Å². The van der Waals surface area contributed by atoms with Gasteiger partial charge in [0.25, 0.3) is 0 Å². The first-order valence-electron chi connectivity index (χ1n) is 9.14. The Morgan fingerprint density at radius 3 is 2.41 bits per heavy atom. The first kappa shape index (κ1) is 16.0. The molecule has 0 saturated carbocycles. The molecular weight excluding hydrogens is 334 g/mol. The normalized spacial score (nSPS) is 15.2. The molecule has 1 aromatic heterocycles. The van der Waals surface area contributed by atoms with Crippen molar-refractivity contribution in [3.8, 4) is 22.5 Å². The monoisotopic (exact) mass is 353 g/mol. The van der Waals surface area contributed by atoms with E-state index in [0.717, 1.165) is 33.6 Å². The summed E-state index contributed by atoms with van der Waals surface area (Å²) in [4.78, 5) is 0. The maximum absolute atomic E-state index is 10.8. The third-order valence-electron chi connectivity index (χ3n) is 5.17. The van der Waals surface area contributed by atoms with Crippen molar-refractivity contribution in [2.24, 2.45) is 0 Å². The maximum Gasteiger partial charge on any atom is 0.121 e. The summed E-state index contributed by atoms with van der Waals surface area (Å²) in [5, 5.41) is 19.8. The Labute approximate surface area is 157 Å². The van der Waals surface area contributed by atoms with Crippen molar-refractivity contribution >= 4 is 0 Å². The molecule has 27 heavy (non-hydrogen) atoms. The zero-order valence-electron chi connectivity index (χ0n) is 14.8. The van der Waals surface area contributed by atoms with Crippen LogP contribution in [0.1, 0.15) is 22.8 Å². The molecule has 3 aromatic carbocycles. The molecule has 5 rings (SSSR count). The number of rotatable bonds is 2. The van der Waals surface area contributed by atoms with E-state index in [9.17, 15) is 5.11 Å². The third-order valence-corrected chi connectivity index (χ3v) is 5.17. The van der Waals surface area contributed by atoms with Gasteiger partial charge in [0.15, 0.2) is 0 Å². The van der Waals surface area contributed by atoms with Crippen molar-refractivity contribution in [3.63, 3.8) is 0 Å². The molecule has 0 aliphatic heterocycles. The van der Waals surface area contributed by atoms with Gasteiger partial charge in [-0.15, -0.1) is 5.10 Å². The van der Waals surface area contributed by atoms with Gasteiger partial charge in [-0.25, -0.2) is 4.68 Å². The maximum atomic E-state index is 10.8. The third kappa shape index (κ3) is 2.75. The zero-order valence-corrected chi connectivity index (χ0v) is 14.8. The lowest BCUT2D eigenvalue weighted by Gasteiger charge is -2.21. The summed E-state index contributed by atoms with van der Waals surface area (Å²) in [5.74, 6) is 0. The molecule has 1 aliphatic rings. The van der Waals surface area contributed by atoms with E-state index in [1.54, 1.807) is 0 Å². The Kier molecular flexibility index (Phi) is 3.84. The summed E-state index contributed by atoms with van der Waals surface area (Å²) in [6, 6.07) is 26.5. The van der Waals surface area contributed by atoms with Crippen LogP contribution in [0.3, 0.4) is 0 Å². The molecule has 1 N–H and O–H groups in total. The highest BCUT2D eigenvalue weighted by Crippen LogP contribution is 2.40. The van der Waals surface area contributed by atoms with E-state index in [0.29, 0.717) is 13.0 Å². The predicted molar refractivity (Wildman–Crippen MR) is 105 cm³/mol. The minimum Gasteiger partial charge on any atom is -0.388 e.